The Labute approximate surface area is 161 Å². The van der Waals surface area contributed by atoms with Crippen molar-refractivity contribution in [2.75, 3.05) is 37.6 Å². The van der Waals surface area contributed by atoms with Crippen molar-refractivity contribution in [1.82, 2.24) is 24.6 Å². The molecule has 6 heteroatoms. The fraction of sp³-hybridized carbons (Fsp3) is 0.667. The number of nitrogens with zero attached hydrogens (tertiary/aromatic N) is 6. The first-order chi connectivity index (χ1) is 13.2. The van der Waals surface area contributed by atoms with Crippen molar-refractivity contribution in [3.8, 4) is 5.82 Å². The van der Waals surface area contributed by atoms with Crippen LogP contribution in [0.2, 0.25) is 0 Å². The van der Waals surface area contributed by atoms with Crippen molar-refractivity contribution in [2.24, 2.45) is 17.8 Å². The molecule has 2 aromatic rings. The lowest BCUT2D eigenvalue weighted by atomic mass is 10.0. The Morgan fingerprint density at radius 2 is 1.63 bits per heavy atom. The van der Waals surface area contributed by atoms with Crippen molar-refractivity contribution >= 4 is 5.82 Å². The summed E-state index contributed by atoms with van der Waals surface area (Å²) in [6.45, 7) is 10.2. The maximum atomic E-state index is 4.57. The van der Waals surface area contributed by atoms with Crippen LogP contribution >= 0.6 is 0 Å². The number of aromatic nitrogens is 4. The van der Waals surface area contributed by atoms with Crippen LogP contribution < -0.4 is 4.90 Å². The van der Waals surface area contributed by atoms with E-state index in [2.05, 4.69) is 43.9 Å². The average molecular weight is 367 g/mol. The molecule has 3 aliphatic rings. The second kappa shape index (κ2) is 6.89. The van der Waals surface area contributed by atoms with E-state index in [4.69, 9.17) is 0 Å². The smallest absolute Gasteiger partial charge is 0.159 e. The van der Waals surface area contributed by atoms with E-state index in [1.165, 1.54) is 45.3 Å². The fourth-order valence-electron chi connectivity index (χ4n) is 5.47. The van der Waals surface area contributed by atoms with E-state index in [1.807, 2.05) is 11.6 Å². The van der Waals surface area contributed by atoms with E-state index in [-0.39, 0.29) is 0 Å². The van der Waals surface area contributed by atoms with Crippen LogP contribution in [0.4, 0.5) is 5.82 Å². The molecule has 0 bridgehead atoms. The Morgan fingerprint density at radius 3 is 2.30 bits per heavy atom. The van der Waals surface area contributed by atoms with Crippen LogP contribution in [0.1, 0.15) is 37.1 Å². The van der Waals surface area contributed by atoms with Gasteiger partial charge in [0.25, 0.3) is 0 Å². The Morgan fingerprint density at radius 1 is 0.926 bits per heavy atom. The molecule has 27 heavy (non-hydrogen) atoms. The van der Waals surface area contributed by atoms with Crippen LogP contribution in [0.25, 0.3) is 5.82 Å². The van der Waals surface area contributed by atoms with Gasteiger partial charge < -0.3 is 9.80 Å². The summed E-state index contributed by atoms with van der Waals surface area (Å²) in [5, 5.41) is 4.57. The van der Waals surface area contributed by atoms with Gasteiger partial charge in [0, 0.05) is 44.5 Å². The minimum absolute atomic E-state index is 0.790. The molecule has 0 radical (unpaired) electrons. The minimum atomic E-state index is 0.790. The predicted molar refractivity (Wildman–Crippen MR) is 106 cm³/mol. The van der Waals surface area contributed by atoms with Gasteiger partial charge in [0.2, 0.25) is 0 Å². The molecule has 3 fully saturated rings. The van der Waals surface area contributed by atoms with Gasteiger partial charge in [-0.2, -0.15) is 5.10 Å². The Balaban J connectivity index is 1.25. The SMILES string of the molecule is Cc1cc(C)n(-c2cc(N3CC4CN(CC5CCCC5)CC4C3)ncn2)n1. The van der Waals surface area contributed by atoms with Crippen LogP contribution in [0.15, 0.2) is 18.5 Å². The summed E-state index contributed by atoms with van der Waals surface area (Å²) in [7, 11) is 0. The van der Waals surface area contributed by atoms with Gasteiger partial charge in [-0.1, -0.05) is 12.8 Å². The number of hydrogen-bond acceptors (Lipinski definition) is 5. The second-order valence-electron chi connectivity index (χ2n) is 8.87. The monoisotopic (exact) mass is 366 g/mol. The number of fused-ring (bicyclic) bond motifs is 1. The molecule has 0 N–H and O–H groups in total. The molecule has 6 nitrogen and oxygen atoms in total. The molecule has 5 rings (SSSR count). The minimum Gasteiger partial charge on any atom is -0.356 e. The lowest BCUT2D eigenvalue weighted by molar-refractivity contribution is 0.264. The third-order valence-electron chi connectivity index (χ3n) is 6.74. The molecular formula is C21H30N6. The Hall–Kier alpha value is -1.95. The van der Waals surface area contributed by atoms with Crippen molar-refractivity contribution < 1.29 is 0 Å². The zero-order chi connectivity index (χ0) is 18.4. The zero-order valence-corrected chi connectivity index (χ0v) is 16.5. The Bertz CT molecular complexity index is 795. The van der Waals surface area contributed by atoms with Gasteiger partial charge in [-0.3, -0.25) is 0 Å². The van der Waals surface area contributed by atoms with Gasteiger partial charge in [0.05, 0.1) is 5.69 Å². The van der Waals surface area contributed by atoms with E-state index in [9.17, 15) is 0 Å². The molecule has 1 saturated carbocycles. The maximum Gasteiger partial charge on any atom is 0.159 e. The number of aryl methyl sites for hydroxylation is 2. The highest BCUT2D eigenvalue weighted by molar-refractivity contribution is 5.45. The number of hydrogen-bond donors (Lipinski definition) is 0. The summed E-state index contributed by atoms with van der Waals surface area (Å²) in [5.41, 5.74) is 2.13. The third kappa shape index (κ3) is 3.35. The van der Waals surface area contributed by atoms with Crippen molar-refractivity contribution in [3.05, 3.63) is 29.8 Å². The number of anilines is 1. The third-order valence-corrected chi connectivity index (χ3v) is 6.74. The first-order valence-corrected chi connectivity index (χ1v) is 10.5. The van der Waals surface area contributed by atoms with Gasteiger partial charge in [-0.05, 0) is 50.5 Å². The van der Waals surface area contributed by atoms with Gasteiger partial charge in [-0.15, -0.1) is 0 Å². The number of likely N-dealkylation sites (tertiary alicyclic amines) is 1. The van der Waals surface area contributed by atoms with Crippen LogP contribution in [-0.2, 0) is 0 Å². The first kappa shape index (κ1) is 17.2. The van der Waals surface area contributed by atoms with E-state index < -0.39 is 0 Å². The molecule has 2 aliphatic heterocycles. The average Bonchev–Trinajstić information content (AvgIpc) is 3.40. The maximum absolute atomic E-state index is 4.57. The largest absolute Gasteiger partial charge is 0.356 e. The highest BCUT2D eigenvalue weighted by atomic mass is 15.3. The molecule has 144 valence electrons. The summed E-state index contributed by atoms with van der Waals surface area (Å²) in [6.07, 6.45) is 7.48. The predicted octanol–water partition coefficient (Wildman–Crippen LogP) is 2.84. The van der Waals surface area contributed by atoms with E-state index in [0.717, 1.165) is 53.9 Å². The fourth-order valence-corrected chi connectivity index (χ4v) is 5.47. The van der Waals surface area contributed by atoms with Crippen molar-refractivity contribution in [1.29, 1.82) is 0 Å². The molecule has 0 aromatic carbocycles. The summed E-state index contributed by atoms with van der Waals surface area (Å²) >= 11 is 0. The molecule has 0 amide bonds. The highest BCUT2D eigenvalue weighted by Crippen LogP contribution is 2.35. The summed E-state index contributed by atoms with van der Waals surface area (Å²) < 4.78 is 1.92. The number of rotatable bonds is 4. The molecule has 1 aliphatic carbocycles. The molecule has 2 unspecified atom stereocenters. The second-order valence-corrected chi connectivity index (χ2v) is 8.87. The van der Waals surface area contributed by atoms with E-state index >= 15 is 0 Å². The molecule has 2 aromatic heterocycles. The normalized spacial score (nSPS) is 26.2. The summed E-state index contributed by atoms with van der Waals surface area (Å²) in [5.74, 6) is 4.46. The standard InChI is InChI=1S/C21H30N6/c1-15-7-16(2)27(24-15)21-8-20(22-14-23-21)26-12-18-10-25(11-19(18)13-26)9-17-5-3-4-6-17/h7-8,14,17-19H,3-6,9-13H2,1-2H3. The van der Waals surface area contributed by atoms with Gasteiger partial charge >= 0.3 is 0 Å². The van der Waals surface area contributed by atoms with Crippen LogP contribution in [0.5, 0.6) is 0 Å². The van der Waals surface area contributed by atoms with Crippen LogP contribution in [0, 0.1) is 31.6 Å². The lowest BCUT2D eigenvalue weighted by Gasteiger charge is -2.24. The summed E-state index contributed by atoms with van der Waals surface area (Å²) in [4.78, 5) is 14.2. The Kier molecular flexibility index (Phi) is 4.38. The molecule has 4 heterocycles. The van der Waals surface area contributed by atoms with Gasteiger partial charge in [0.1, 0.15) is 12.1 Å². The summed E-state index contributed by atoms with van der Waals surface area (Å²) in [6, 6.07) is 4.18. The molecule has 2 atom stereocenters. The zero-order valence-electron chi connectivity index (χ0n) is 16.5. The van der Waals surface area contributed by atoms with Gasteiger partial charge in [0.15, 0.2) is 5.82 Å². The molecule has 0 spiro atoms. The molecule has 2 saturated heterocycles. The van der Waals surface area contributed by atoms with Crippen molar-refractivity contribution in [2.45, 2.75) is 39.5 Å². The van der Waals surface area contributed by atoms with Gasteiger partial charge in [-0.25, -0.2) is 14.6 Å². The first-order valence-electron chi connectivity index (χ1n) is 10.5. The van der Waals surface area contributed by atoms with Crippen LogP contribution in [0.3, 0.4) is 0 Å². The topological polar surface area (TPSA) is 50.1 Å². The molecular weight excluding hydrogens is 336 g/mol. The van der Waals surface area contributed by atoms with E-state index in [0.29, 0.717) is 0 Å². The van der Waals surface area contributed by atoms with E-state index in [1.54, 1.807) is 6.33 Å². The quantitative estimate of drug-likeness (QED) is 0.833. The van der Waals surface area contributed by atoms with Crippen LogP contribution in [-0.4, -0.2) is 57.4 Å². The van der Waals surface area contributed by atoms with Crippen molar-refractivity contribution in [3.63, 3.8) is 0 Å². The highest BCUT2D eigenvalue weighted by Gasteiger charge is 2.41. The lowest BCUT2D eigenvalue weighted by Crippen LogP contribution is -2.32.